The molecular weight excluding hydrogens is 242 g/mol. The fourth-order valence-corrected chi connectivity index (χ4v) is 4.37. The first-order valence-electron chi connectivity index (χ1n) is 6.07. The number of carbonyl (C=O) groups is 1. The highest BCUT2D eigenvalue weighted by Crippen LogP contribution is 2.40. The smallest absolute Gasteiger partial charge is 0.323 e. The van der Waals surface area contributed by atoms with Gasteiger partial charge >= 0.3 is 5.97 Å². The van der Waals surface area contributed by atoms with E-state index in [1.54, 1.807) is 6.92 Å². The molecule has 2 heterocycles. The molecule has 0 aromatic rings. The standard InChI is InChI=1S/C11H19NO4S/c1-2-16-10(13)9-7-11(8-12-9)3-5-17(14,15)6-4-11/h9,12H,2-8H2,1H3. The van der Waals surface area contributed by atoms with E-state index < -0.39 is 9.84 Å². The van der Waals surface area contributed by atoms with E-state index in [9.17, 15) is 13.2 Å². The van der Waals surface area contributed by atoms with Crippen molar-refractivity contribution >= 4 is 15.8 Å². The Labute approximate surface area is 102 Å². The molecule has 0 amide bonds. The van der Waals surface area contributed by atoms with Crippen LogP contribution < -0.4 is 5.32 Å². The van der Waals surface area contributed by atoms with Gasteiger partial charge in [-0.05, 0) is 31.6 Å². The van der Waals surface area contributed by atoms with Crippen LogP contribution in [0.15, 0.2) is 0 Å². The topological polar surface area (TPSA) is 72.5 Å². The lowest BCUT2D eigenvalue weighted by atomic mass is 9.80. The molecule has 2 fully saturated rings. The van der Waals surface area contributed by atoms with Gasteiger partial charge in [-0.25, -0.2) is 8.42 Å². The number of ether oxygens (including phenoxy) is 1. The van der Waals surface area contributed by atoms with Crippen LogP contribution in [0.5, 0.6) is 0 Å². The van der Waals surface area contributed by atoms with Gasteiger partial charge in [0.2, 0.25) is 0 Å². The third kappa shape index (κ3) is 2.80. The summed E-state index contributed by atoms with van der Waals surface area (Å²) in [4.78, 5) is 11.6. The molecule has 1 atom stereocenters. The Morgan fingerprint density at radius 3 is 2.65 bits per heavy atom. The Bertz CT molecular complexity index is 390. The Kier molecular flexibility index (Phi) is 3.45. The summed E-state index contributed by atoms with van der Waals surface area (Å²) in [6, 6.07) is -0.254. The summed E-state index contributed by atoms with van der Waals surface area (Å²) in [5.74, 6) is 0.298. The van der Waals surface area contributed by atoms with Crippen LogP contribution in [-0.2, 0) is 19.4 Å². The van der Waals surface area contributed by atoms with Crippen LogP contribution in [0.2, 0.25) is 0 Å². The highest BCUT2D eigenvalue weighted by atomic mass is 32.2. The summed E-state index contributed by atoms with van der Waals surface area (Å²) in [7, 11) is -2.84. The zero-order valence-corrected chi connectivity index (χ0v) is 10.9. The third-order valence-corrected chi connectivity index (χ3v) is 5.47. The van der Waals surface area contributed by atoms with Crippen LogP contribution in [0.3, 0.4) is 0 Å². The van der Waals surface area contributed by atoms with Crippen LogP contribution in [0.1, 0.15) is 26.2 Å². The molecular formula is C11H19NO4S. The van der Waals surface area contributed by atoms with Gasteiger partial charge in [-0.2, -0.15) is 0 Å². The summed E-state index contributed by atoms with van der Waals surface area (Å²) in [6.45, 7) is 2.90. The molecule has 0 aliphatic carbocycles. The van der Waals surface area contributed by atoms with Crippen LogP contribution in [0.25, 0.3) is 0 Å². The number of hydrogen-bond acceptors (Lipinski definition) is 5. The molecule has 2 aliphatic rings. The molecule has 98 valence electrons. The van der Waals surface area contributed by atoms with Crippen molar-refractivity contribution in [2.75, 3.05) is 24.7 Å². The van der Waals surface area contributed by atoms with Crippen molar-refractivity contribution in [3.05, 3.63) is 0 Å². The Balaban J connectivity index is 1.96. The second-order valence-electron chi connectivity index (χ2n) is 5.04. The lowest BCUT2D eigenvalue weighted by Crippen LogP contribution is -2.35. The largest absolute Gasteiger partial charge is 0.465 e. The molecule has 2 saturated heterocycles. The Morgan fingerprint density at radius 1 is 1.41 bits per heavy atom. The van der Waals surface area contributed by atoms with E-state index in [4.69, 9.17) is 4.74 Å². The summed E-state index contributed by atoms with van der Waals surface area (Å²) in [5, 5.41) is 3.16. The zero-order chi connectivity index (χ0) is 12.5. The van der Waals surface area contributed by atoms with Gasteiger partial charge in [0.05, 0.1) is 18.1 Å². The van der Waals surface area contributed by atoms with E-state index in [1.807, 2.05) is 0 Å². The van der Waals surface area contributed by atoms with E-state index in [0.717, 1.165) is 6.54 Å². The van der Waals surface area contributed by atoms with Gasteiger partial charge < -0.3 is 10.1 Å². The second kappa shape index (κ2) is 4.57. The number of carbonyl (C=O) groups excluding carboxylic acids is 1. The highest BCUT2D eigenvalue weighted by molar-refractivity contribution is 7.91. The van der Waals surface area contributed by atoms with E-state index in [-0.39, 0.29) is 28.9 Å². The van der Waals surface area contributed by atoms with E-state index in [0.29, 0.717) is 25.9 Å². The van der Waals surface area contributed by atoms with Crippen molar-refractivity contribution < 1.29 is 17.9 Å². The van der Waals surface area contributed by atoms with Crippen molar-refractivity contribution in [1.29, 1.82) is 0 Å². The molecule has 0 bridgehead atoms. The predicted octanol–water partition coefficient (Wildman–Crippen LogP) is 0.106. The van der Waals surface area contributed by atoms with E-state index in [2.05, 4.69) is 5.32 Å². The number of rotatable bonds is 2. The van der Waals surface area contributed by atoms with E-state index >= 15 is 0 Å². The molecule has 6 heteroatoms. The minimum absolute atomic E-state index is 0.0112. The zero-order valence-electron chi connectivity index (χ0n) is 10.1. The molecule has 5 nitrogen and oxygen atoms in total. The van der Waals surface area contributed by atoms with Crippen LogP contribution in [0, 0.1) is 5.41 Å². The summed E-state index contributed by atoms with van der Waals surface area (Å²) >= 11 is 0. The second-order valence-corrected chi connectivity index (χ2v) is 7.35. The highest BCUT2D eigenvalue weighted by Gasteiger charge is 2.45. The number of sulfone groups is 1. The minimum atomic E-state index is -2.84. The molecule has 2 aliphatic heterocycles. The molecule has 0 saturated carbocycles. The normalized spacial score (nSPS) is 30.3. The van der Waals surface area contributed by atoms with Crippen LogP contribution in [-0.4, -0.2) is 45.1 Å². The molecule has 1 unspecified atom stereocenters. The summed E-state index contributed by atoms with van der Waals surface area (Å²) in [6.07, 6.45) is 2.04. The van der Waals surface area contributed by atoms with Gasteiger partial charge in [0.25, 0.3) is 0 Å². The lowest BCUT2D eigenvalue weighted by molar-refractivity contribution is -0.145. The van der Waals surface area contributed by atoms with Gasteiger partial charge in [-0.3, -0.25) is 4.79 Å². The molecule has 1 N–H and O–H groups in total. The van der Waals surface area contributed by atoms with Crippen LogP contribution in [0.4, 0.5) is 0 Å². The molecule has 2 rings (SSSR count). The Hall–Kier alpha value is -0.620. The molecule has 1 spiro atoms. The van der Waals surface area contributed by atoms with Crippen molar-refractivity contribution in [2.45, 2.75) is 32.2 Å². The fraction of sp³-hybridized carbons (Fsp3) is 0.909. The molecule has 17 heavy (non-hydrogen) atoms. The van der Waals surface area contributed by atoms with Crippen molar-refractivity contribution in [3.8, 4) is 0 Å². The first-order valence-corrected chi connectivity index (χ1v) is 7.89. The average Bonchev–Trinajstić information content (AvgIpc) is 2.69. The summed E-state index contributed by atoms with van der Waals surface area (Å²) < 4.78 is 27.8. The van der Waals surface area contributed by atoms with Crippen molar-refractivity contribution in [3.63, 3.8) is 0 Å². The van der Waals surface area contributed by atoms with Gasteiger partial charge in [-0.1, -0.05) is 0 Å². The van der Waals surface area contributed by atoms with Crippen molar-refractivity contribution in [2.24, 2.45) is 5.41 Å². The quantitative estimate of drug-likeness (QED) is 0.714. The first-order chi connectivity index (χ1) is 7.96. The van der Waals surface area contributed by atoms with E-state index in [1.165, 1.54) is 0 Å². The lowest BCUT2D eigenvalue weighted by Gasteiger charge is -2.32. The molecule has 0 radical (unpaired) electrons. The van der Waals surface area contributed by atoms with Crippen LogP contribution >= 0.6 is 0 Å². The Morgan fingerprint density at radius 2 is 2.06 bits per heavy atom. The first kappa shape index (κ1) is 12.8. The monoisotopic (exact) mass is 261 g/mol. The van der Waals surface area contributed by atoms with Gasteiger partial charge in [-0.15, -0.1) is 0 Å². The average molecular weight is 261 g/mol. The maximum Gasteiger partial charge on any atom is 0.323 e. The van der Waals surface area contributed by atoms with Gasteiger partial charge in [0.1, 0.15) is 15.9 Å². The predicted molar refractivity (Wildman–Crippen MR) is 63.4 cm³/mol. The molecule has 0 aromatic heterocycles. The number of esters is 1. The number of nitrogens with one attached hydrogen (secondary N) is 1. The van der Waals surface area contributed by atoms with Crippen molar-refractivity contribution in [1.82, 2.24) is 5.32 Å². The SMILES string of the molecule is CCOC(=O)C1CC2(CCS(=O)(=O)CC2)CN1. The van der Waals surface area contributed by atoms with Gasteiger partial charge in [0.15, 0.2) is 0 Å². The maximum atomic E-state index is 11.6. The third-order valence-electron chi connectivity index (χ3n) is 3.82. The minimum Gasteiger partial charge on any atom is -0.465 e. The van der Waals surface area contributed by atoms with Gasteiger partial charge in [0, 0.05) is 6.54 Å². The molecule has 0 aromatic carbocycles. The maximum absolute atomic E-state index is 11.6. The number of hydrogen-bond donors (Lipinski definition) is 1. The fourth-order valence-electron chi connectivity index (χ4n) is 2.68. The summed E-state index contributed by atoms with van der Waals surface area (Å²) in [5.41, 5.74) is -0.0112.